The molecule has 1 nitrogen and oxygen atoms in total. The van der Waals surface area contributed by atoms with E-state index in [0.29, 0.717) is 0 Å². The van der Waals surface area contributed by atoms with Crippen LogP contribution in [0, 0.1) is 0 Å². The van der Waals surface area contributed by atoms with Crippen LogP contribution in [0.2, 0.25) is 0 Å². The lowest BCUT2D eigenvalue weighted by Gasteiger charge is -2.25. The minimum atomic E-state index is -0.0876. The Bertz CT molecular complexity index is 339. The van der Waals surface area contributed by atoms with Crippen molar-refractivity contribution < 1.29 is 5.11 Å². The Morgan fingerprint density at radius 1 is 1.29 bits per heavy atom. The Labute approximate surface area is 85.8 Å². The molecular weight excluding hydrogens is 172 g/mol. The van der Waals surface area contributed by atoms with Gasteiger partial charge in [-0.1, -0.05) is 32.0 Å². The van der Waals surface area contributed by atoms with Crippen LogP contribution in [0.5, 0.6) is 0 Å². The molecule has 0 bridgehead atoms. The third-order valence-corrected chi connectivity index (χ3v) is 3.27. The first kappa shape index (κ1) is 9.72. The van der Waals surface area contributed by atoms with Gasteiger partial charge in [0.25, 0.3) is 0 Å². The third kappa shape index (κ3) is 1.46. The molecule has 0 radical (unpaired) electrons. The third-order valence-electron chi connectivity index (χ3n) is 3.27. The summed E-state index contributed by atoms with van der Waals surface area (Å²) in [6.07, 6.45) is 3.67. The average Bonchev–Trinajstić information content (AvgIpc) is 2.64. The highest BCUT2D eigenvalue weighted by Gasteiger charge is 2.25. The molecule has 0 saturated heterocycles. The molecule has 0 amide bonds. The van der Waals surface area contributed by atoms with Gasteiger partial charge in [-0.05, 0) is 36.0 Å². The molecule has 0 aliphatic heterocycles. The Kier molecular flexibility index (Phi) is 2.36. The molecule has 1 aromatic rings. The molecule has 2 rings (SSSR count). The standard InChI is InChI=1S/C13H18O/c1-13(2,9-14)12-8-4-6-10-5-3-7-11(10)12/h4,6,8,14H,3,5,7,9H2,1-2H3. The molecule has 1 N–H and O–H groups in total. The Balaban J connectivity index is 2.49. The van der Waals surface area contributed by atoms with Gasteiger partial charge < -0.3 is 5.11 Å². The number of fused-ring (bicyclic) bond motifs is 1. The van der Waals surface area contributed by atoms with Crippen LogP contribution >= 0.6 is 0 Å². The summed E-state index contributed by atoms with van der Waals surface area (Å²) in [5, 5.41) is 9.38. The first-order chi connectivity index (χ1) is 6.65. The highest BCUT2D eigenvalue weighted by Crippen LogP contribution is 2.32. The first-order valence-corrected chi connectivity index (χ1v) is 5.37. The first-order valence-electron chi connectivity index (χ1n) is 5.37. The molecule has 0 aromatic heterocycles. The summed E-state index contributed by atoms with van der Waals surface area (Å²) in [4.78, 5) is 0. The number of aliphatic hydroxyl groups excluding tert-OH is 1. The van der Waals surface area contributed by atoms with Crippen LogP contribution < -0.4 is 0 Å². The number of hydrogen-bond donors (Lipinski definition) is 1. The molecule has 1 aromatic carbocycles. The average molecular weight is 190 g/mol. The molecule has 0 unspecified atom stereocenters. The van der Waals surface area contributed by atoms with Crippen LogP contribution in [0.4, 0.5) is 0 Å². The summed E-state index contributed by atoms with van der Waals surface area (Å²) in [7, 11) is 0. The maximum Gasteiger partial charge on any atom is 0.0522 e. The van der Waals surface area contributed by atoms with Gasteiger partial charge in [-0.2, -0.15) is 0 Å². The van der Waals surface area contributed by atoms with Gasteiger partial charge in [0, 0.05) is 5.41 Å². The Morgan fingerprint density at radius 3 is 2.79 bits per heavy atom. The van der Waals surface area contributed by atoms with Gasteiger partial charge in [-0.25, -0.2) is 0 Å². The Hall–Kier alpha value is -0.820. The van der Waals surface area contributed by atoms with Gasteiger partial charge in [0.05, 0.1) is 6.61 Å². The number of hydrogen-bond acceptors (Lipinski definition) is 1. The second-order valence-electron chi connectivity index (χ2n) is 4.84. The van der Waals surface area contributed by atoms with Gasteiger partial charge in [0.2, 0.25) is 0 Å². The van der Waals surface area contributed by atoms with Crippen LogP contribution in [0.3, 0.4) is 0 Å². The predicted molar refractivity (Wildman–Crippen MR) is 58.6 cm³/mol. The maximum absolute atomic E-state index is 9.38. The van der Waals surface area contributed by atoms with Gasteiger partial charge in [0.15, 0.2) is 0 Å². The number of aryl methyl sites for hydroxylation is 1. The molecule has 0 saturated carbocycles. The van der Waals surface area contributed by atoms with Gasteiger partial charge in [0.1, 0.15) is 0 Å². The zero-order valence-corrected chi connectivity index (χ0v) is 9.01. The van der Waals surface area contributed by atoms with E-state index < -0.39 is 0 Å². The summed E-state index contributed by atoms with van der Waals surface area (Å²) >= 11 is 0. The van der Waals surface area contributed by atoms with E-state index in [2.05, 4.69) is 32.0 Å². The fourth-order valence-corrected chi connectivity index (χ4v) is 2.34. The lowest BCUT2D eigenvalue weighted by Crippen LogP contribution is -2.23. The van der Waals surface area contributed by atoms with Crippen molar-refractivity contribution in [2.75, 3.05) is 6.61 Å². The predicted octanol–water partition coefficient (Wildman–Crippen LogP) is 2.45. The molecule has 0 atom stereocenters. The Morgan fingerprint density at radius 2 is 2.07 bits per heavy atom. The van der Waals surface area contributed by atoms with Gasteiger partial charge in [-0.3, -0.25) is 0 Å². The topological polar surface area (TPSA) is 20.2 Å². The van der Waals surface area contributed by atoms with Crippen molar-refractivity contribution in [2.24, 2.45) is 0 Å². The molecular formula is C13H18O. The molecule has 76 valence electrons. The van der Waals surface area contributed by atoms with Crippen LogP contribution in [0.15, 0.2) is 18.2 Å². The fourth-order valence-electron chi connectivity index (χ4n) is 2.34. The number of aliphatic hydroxyl groups is 1. The van der Waals surface area contributed by atoms with Crippen LogP contribution in [0.1, 0.15) is 37.0 Å². The van der Waals surface area contributed by atoms with Crippen molar-refractivity contribution in [1.82, 2.24) is 0 Å². The number of benzene rings is 1. The summed E-state index contributed by atoms with van der Waals surface area (Å²) in [5.74, 6) is 0. The minimum absolute atomic E-state index is 0.0876. The molecule has 0 heterocycles. The van der Waals surface area contributed by atoms with E-state index in [4.69, 9.17) is 0 Å². The van der Waals surface area contributed by atoms with Crippen LogP contribution in [-0.4, -0.2) is 11.7 Å². The highest BCUT2D eigenvalue weighted by molar-refractivity contribution is 5.42. The normalized spacial score (nSPS) is 15.6. The van der Waals surface area contributed by atoms with Gasteiger partial charge in [-0.15, -0.1) is 0 Å². The van der Waals surface area contributed by atoms with Crippen molar-refractivity contribution in [3.63, 3.8) is 0 Å². The van der Waals surface area contributed by atoms with E-state index >= 15 is 0 Å². The van der Waals surface area contributed by atoms with E-state index in [1.165, 1.54) is 36.0 Å². The molecule has 1 aliphatic carbocycles. The van der Waals surface area contributed by atoms with Crippen molar-refractivity contribution >= 4 is 0 Å². The van der Waals surface area contributed by atoms with Crippen molar-refractivity contribution in [3.05, 3.63) is 34.9 Å². The second kappa shape index (κ2) is 3.39. The lowest BCUT2D eigenvalue weighted by molar-refractivity contribution is 0.218. The summed E-state index contributed by atoms with van der Waals surface area (Å²) in [6.45, 7) is 4.45. The fraction of sp³-hybridized carbons (Fsp3) is 0.538. The van der Waals surface area contributed by atoms with Crippen LogP contribution in [0.25, 0.3) is 0 Å². The SMILES string of the molecule is CC(C)(CO)c1cccc2c1CCC2. The monoisotopic (exact) mass is 190 g/mol. The summed E-state index contributed by atoms with van der Waals surface area (Å²) < 4.78 is 0. The van der Waals surface area contributed by atoms with E-state index in [1.54, 1.807) is 0 Å². The van der Waals surface area contributed by atoms with Crippen molar-refractivity contribution in [1.29, 1.82) is 0 Å². The molecule has 1 aliphatic rings. The zero-order valence-electron chi connectivity index (χ0n) is 9.01. The summed E-state index contributed by atoms with van der Waals surface area (Å²) in [5.41, 5.74) is 4.24. The van der Waals surface area contributed by atoms with Crippen molar-refractivity contribution in [2.45, 2.75) is 38.5 Å². The number of rotatable bonds is 2. The van der Waals surface area contributed by atoms with E-state index in [-0.39, 0.29) is 12.0 Å². The largest absolute Gasteiger partial charge is 0.395 e. The van der Waals surface area contributed by atoms with E-state index in [0.717, 1.165) is 0 Å². The van der Waals surface area contributed by atoms with Crippen LogP contribution in [-0.2, 0) is 18.3 Å². The zero-order chi connectivity index (χ0) is 10.2. The van der Waals surface area contributed by atoms with Gasteiger partial charge >= 0.3 is 0 Å². The van der Waals surface area contributed by atoms with E-state index in [1.807, 2.05) is 0 Å². The van der Waals surface area contributed by atoms with E-state index in [9.17, 15) is 5.11 Å². The minimum Gasteiger partial charge on any atom is -0.395 e. The maximum atomic E-state index is 9.38. The quantitative estimate of drug-likeness (QED) is 0.759. The lowest BCUT2D eigenvalue weighted by atomic mass is 9.81. The second-order valence-corrected chi connectivity index (χ2v) is 4.84. The highest BCUT2D eigenvalue weighted by atomic mass is 16.3. The molecule has 14 heavy (non-hydrogen) atoms. The smallest absolute Gasteiger partial charge is 0.0522 e. The summed E-state index contributed by atoms with van der Waals surface area (Å²) in [6, 6.07) is 6.51. The molecule has 1 heteroatoms. The van der Waals surface area contributed by atoms with Crippen molar-refractivity contribution in [3.8, 4) is 0 Å². The molecule has 0 spiro atoms. The molecule has 0 fully saturated rings.